The highest BCUT2D eigenvalue weighted by molar-refractivity contribution is 6.30. The first-order valence-corrected chi connectivity index (χ1v) is 10.4. The smallest absolute Gasteiger partial charge is 0.318 e. The van der Waals surface area contributed by atoms with Crippen LogP contribution >= 0.6 is 11.6 Å². The lowest BCUT2D eigenvalue weighted by atomic mass is 10.2. The molecule has 0 spiro atoms. The molecule has 0 aromatic heterocycles. The molecule has 2 aromatic carbocycles. The molecule has 3 N–H and O–H groups in total. The highest BCUT2D eigenvalue weighted by Gasteiger charge is 2.24. The first-order chi connectivity index (χ1) is 14.8. The van der Waals surface area contributed by atoms with Crippen LogP contribution in [0.4, 0.5) is 21.9 Å². The van der Waals surface area contributed by atoms with Crippen LogP contribution in [0.25, 0.3) is 0 Å². The zero-order valence-electron chi connectivity index (χ0n) is 17.5. The van der Waals surface area contributed by atoms with Gasteiger partial charge in [0.25, 0.3) is 0 Å². The van der Waals surface area contributed by atoms with Crippen molar-refractivity contribution in [1.82, 2.24) is 10.2 Å². The molecule has 4 amide bonds. The molecule has 31 heavy (non-hydrogen) atoms. The highest BCUT2D eigenvalue weighted by atomic mass is 35.5. The largest absolute Gasteiger partial charge is 0.368 e. The van der Waals surface area contributed by atoms with Crippen molar-refractivity contribution in [3.63, 3.8) is 0 Å². The quantitative estimate of drug-likeness (QED) is 0.661. The minimum absolute atomic E-state index is 0.194. The van der Waals surface area contributed by atoms with Crippen molar-refractivity contribution in [1.29, 1.82) is 0 Å². The average molecular weight is 444 g/mol. The summed E-state index contributed by atoms with van der Waals surface area (Å²) in [6, 6.07) is 13.5. The summed E-state index contributed by atoms with van der Waals surface area (Å²) in [5.74, 6) is -0.534. The summed E-state index contributed by atoms with van der Waals surface area (Å²) in [4.78, 5) is 40.1. The van der Waals surface area contributed by atoms with Crippen LogP contribution in [-0.2, 0) is 9.59 Å². The Labute approximate surface area is 186 Å². The van der Waals surface area contributed by atoms with Crippen LogP contribution in [0, 0.1) is 0 Å². The fourth-order valence-electron chi connectivity index (χ4n) is 3.29. The predicted molar refractivity (Wildman–Crippen MR) is 123 cm³/mol. The lowest BCUT2D eigenvalue weighted by molar-refractivity contribution is -0.117. The van der Waals surface area contributed by atoms with E-state index in [0.717, 1.165) is 5.69 Å². The maximum atomic E-state index is 12.6. The molecule has 3 rings (SSSR count). The first-order valence-electron chi connectivity index (χ1n) is 10.1. The number of halogens is 1. The second-order valence-corrected chi connectivity index (χ2v) is 7.81. The van der Waals surface area contributed by atoms with Gasteiger partial charge in [0, 0.05) is 55.2 Å². The van der Waals surface area contributed by atoms with Crippen LogP contribution in [0.3, 0.4) is 0 Å². The van der Waals surface area contributed by atoms with Crippen molar-refractivity contribution >= 4 is 46.5 Å². The molecule has 164 valence electrons. The van der Waals surface area contributed by atoms with E-state index < -0.39 is 6.04 Å². The lowest BCUT2D eigenvalue weighted by Gasteiger charge is -2.36. The van der Waals surface area contributed by atoms with E-state index in [0.29, 0.717) is 42.6 Å². The van der Waals surface area contributed by atoms with Crippen molar-refractivity contribution in [2.75, 3.05) is 41.7 Å². The molecule has 1 heterocycles. The SMILES string of the molecule is CC(=O)Nc1cccc(NC(=O)[C@H](C)NC(=O)N2CCN(c3ccc(Cl)cc3)CC2)c1. The molecule has 1 saturated heterocycles. The molecule has 1 atom stereocenters. The highest BCUT2D eigenvalue weighted by Crippen LogP contribution is 2.19. The number of carbonyl (C=O) groups is 3. The van der Waals surface area contributed by atoms with Gasteiger partial charge in [-0.1, -0.05) is 17.7 Å². The Morgan fingerprint density at radius 1 is 0.935 bits per heavy atom. The van der Waals surface area contributed by atoms with Gasteiger partial charge >= 0.3 is 6.03 Å². The van der Waals surface area contributed by atoms with Gasteiger partial charge in [-0.25, -0.2) is 4.79 Å². The Morgan fingerprint density at radius 2 is 1.55 bits per heavy atom. The van der Waals surface area contributed by atoms with Gasteiger partial charge in [0.1, 0.15) is 6.04 Å². The molecule has 1 aliphatic rings. The first kappa shape index (κ1) is 22.4. The number of rotatable bonds is 5. The van der Waals surface area contributed by atoms with E-state index in [1.807, 2.05) is 24.3 Å². The minimum atomic E-state index is -0.716. The van der Waals surface area contributed by atoms with Gasteiger partial charge < -0.3 is 25.8 Å². The lowest BCUT2D eigenvalue weighted by Crippen LogP contribution is -2.54. The van der Waals surface area contributed by atoms with E-state index in [1.165, 1.54) is 6.92 Å². The number of piperazine rings is 1. The summed E-state index contributed by atoms with van der Waals surface area (Å²) in [5.41, 5.74) is 2.19. The maximum Gasteiger partial charge on any atom is 0.318 e. The number of carbonyl (C=O) groups excluding carboxylic acids is 3. The molecule has 2 aromatic rings. The Kier molecular flexibility index (Phi) is 7.36. The fourth-order valence-corrected chi connectivity index (χ4v) is 3.42. The monoisotopic (exact) mass is 443 g/mol. The number of amides is 4. The summed E-state index contributed by atoms with van der Waals surface area (Å²) >= 11 is 5.94. The Morgan fingerprint density at radius 3 is 2.16 bits per heavy atom. The van der Waals surface area contributed by atoms with Gasteiger partial charge in [-0.2, -0.15) is 0 Å². The summed E-state index contributed by atoms with van der Waals surface area (Å²) in [6.07, 6.45) is 0. The second kappa shape index (κ2) is 10.2. The van der Waals surface area contributed by atoms with Gasteiger partial charge in [-0.3, -0.25) is 9.59 Å². The number of hydrogen-bond acceptors (Lipinski definition) is 4. The van der Waals surface area contributed by atoms with Gasteiger partial charge in [0.2, 0.25) is 11.8 Å². The van der Waals surface area contributed by atoms with Crippen LogP contribution < -0.4 is 20.9 Å². The van der Waals surface area contributed by atoms with Gasteiger partial charge in [-0.15, -0.1) is 0 Å². The van der Waals surface area contributed by atoms with Crippen molar-refractivity contribution in [3.8, 4) is 0 Å². The van der Waals surface area contributed by atoms with Crippen LogP contribution in [-0.4, -0.2) is 55.0 Å². The molecule has 1 aliphatic heterocycles. The second-order valence-electron chi connectivity index (χ2n) is 7.37. The van der Waals surface area contributed by atoms with E-state index in [4.69, 9.17) is 11.6 Å². The molecule has 0 unspecified atom stereocenters. The summed E-state index contributed by atoms with van der Waals surface area (Å²) in [5, 5.41) is 8.86. The number of nitrogens with one attached hydrogen (secondary N) is 3. The zero-order valence-corrected chi connectivity index (χ0v) is 18.3. The number of nitrogens with zero attached hydrogens (tertiary/aromatic N) is 2. The summed E-state index contributed by atoms with van der Waals surface area (Å²) < 4.78 is 0. The van der Waals surface area contributed by atoms with E-state index >= 15 is 0 Å². The fraction of sp³-hybridized carbons (Fsp3) is 0.318. The summed E-state index contributed by atoms with van der Waals surface area (Å²) in [6.45, 7) is 5.56. The summed E-state index contributed by atoms with van der Waals surface area (Å²) in [7, 11) is 0. The molecule has 0 radical (unpaired) electrons. The Balaban J connectivity index is 1.48. The average Bonchev–Trinajstić information content (AvgIpc) is 2.74. The molecule has 9 heteroatoms. The van der Waals surface area contributed by atoms with Crippen molar-refractivity contribution < 1.29 is 14.4 Å². The third-order valence-electron chi connectivity index (χ3n) is 4.94. The molecular weight excluding hydrogens is 418 g/mol. The Hall–Kier alpha value is -3.26. The predicted octanol–water partition coefficient (Wildman–Crippen LogP) is 3.16. The topological polar surface area (TPSA) is 93.8 Å². The van der Waals surface area contributed by atoms with Crippen LogP contribution in [0.1, 0.15) is 13.8 Å². The van der Waals surface area contributed by atoms with E-state index in [9.17, 15) is 14.4 Å². The van der Waals surface area contributed by atoms with Gasteiger partial charge in [0.05, 0.1) is 0 Å². The number of hydrogen-bond donors (Lipinski definition) is 3. The standard InChI is InChI=1S/C22H26ClN5O3/c1-15(21(30)26-19-5-3-4-18(14-19)25-16(2)29)24-22(31)28-12-10-27(11-13-28)20-8-6-17(23)7-9-20/h3-9,14-15H,10-13H2,1-2H3,(H,24,31)(H,25,29)(H,26,30)/t15-/m0/s1. The number of urea groups is 1. The normalized spacial score (nSPS) is 14.5. The van der Waals surface area contributed by atoms with E-state index in [1.54, 1.807) is 36.1 Å². The van der Waals surface area contributed by atoms with E-state index in [-0.39, 0.29) is 17.8 Å². The molecule has 1 fully saturated rings. The van der Waals surface area contributed by atoms with Crippen molar-refractivity contribution in [2.45, 2.75) is 19.9 Å². The molecule has 0 bridgehead atoms. The van der Waals surface area contributed by atoms with Crippen LogP contribution in [0.2, 0.25) is 5.02 Å². The third kappa shape index (κ3) is 6.36. The molecule has 0 saturated carbocycles. The van der Waals surface area contributed by atoms with Crippen LogP contribution in [0.5, 0.6) is 0 Å². The third-order valence-corrected chi connectivity index (χ3v) is 5.19. The minimum Gasteiger partial charge on any atom is -0.368 e. The van der Waals surface area contributed by atoms with E-state index in [2.05, 4.69) is 20.9 Å². The zero-order chi connectivity index (χ0) is 22.4. The number of anilines is 3. The molecule has 8 nitrogen and oxygen atoms in total. The van der Waals surface area contributed by atoms with Crippen molar-refractivity contribution in [2.24, 2.45) is 0 Å². The number of benzene rings is 2. The van der Waals surface area contributed by atoms with Gasteiger partial charge in [-0.05, 0) is 49.4 Å². The van der Waals surface area contributed by atoms with Crippen molar-refractivity contribution in [3.05, 3.63) is 53.6 Å². The maximum absolute atomic E-state index is 12.6. The van der Waals surface area contributed by atoms with Gasteiger partial charge in [0.15, 0.2) is 0 Å². The Bertz CT molecular complexity index is 942. The molecule has 0 aliphatic carbocycles. The molecular formula is C22H26ClN5O3. The van der Waals surface area contributed by atoms with Crippen LogP contribution in [0.15, 0.2) is 48.5 Å².